The van der Waals surface area contributed by atoms with Gasteiger partial charge in [0.1, 0.15) is 16.8 Å². The summed E-state index contributed by atoms with van der Waals surface area (Å²) in [6.45, 7) is 4.23. The van der Waals surface area contributed by atoms with Gasteiger partial charge >= 0.3 is 0 Å². The van der Waals surface area contributed by atoms with E-state index in [4.69, 9.17) is 10.5 Å². The van der Waals surface area contributed by atoms with Crippen LogP contribution < -0.4 is 14.8 Å². The van der Waals surface area contributed by atoms with Crippen molar-refractivity contribution in [3.63, 3.8) is 0 Å². The fourth-order valence-electron chi connectivity index (χ4n) is 2.02. The van der Waals surface area contributed by atoms with Crippen molar-refractivity contribution in [3.8, 4) is 12.1 Å². The van der Waals surface area contributed by atoms with Crippen LogP contribution in [0, 0.1) is 29.6 Å². The maximum atomic E-state index is 12.4. The average Bonchev–Trinajstić information content (AvgIpc) is 2.77. The van der Waals surface area contributed by atoms with Gasteiger partial charge in [-0.2, -0.15) is 10.5 Å². The first kappa shape index (κ1) is 14.8. The van der Waals surface area contributed by atoms with Gasteiger partial charge in [0.05, 0.1) is 4.53 Å². The Balaban J connectivity index is 2.81. The minimum absolute atomic E-state index is 0.0251. The first-order valence-electron chi connectivity index (χ1n) is 6.43. The van der Waals surface area contributed by atoms with Crippen LogP contribution in [0.4, 0.5) is 0 Å². The molecule has 0 aliphatic carbocycles. The highest BCUT2D eigenvalue weighted by Gasteiger charge is 2.07. The molecule has 2 rings (SSSR count). The highest BCUT2D eigenvalue weighted by atomic mass is 32.1. The van der Waals surface area contributed by atoms with Crippen molar-refractivity contribution in [2.45, 2.75) is 20.4 Å². The number of benzene rings is 1. The van der Waals surface area contributed by atoms with Gasteiger partial charge in [-0.25, -0.2) is 0 Å². The standard InChI is InChI=1S/C16H13N3OS/c1-3-19-15(20)14(21-16(19)13(9-17)10-18)8-12-6-4-5-11(2)7-12/h4-8H,3H2,1-2H3/b14-8-. The van der Waals surface area contributed by atoms with Crippen LogP contribution in [0.3, 0.4) is 0 Å². The molecule has 0 saturated heterocycles. The monoisotopic (exact) mass is 295 g/mol. The van der Waals surface area contributed by atoms with Gasteiger partial charge in [0.25, 0.3) is 5.56 Å². The maximum absolute atomic E-state index is 12.4. The van der Waals surface area contributed by atoms with Crippen LogP contribution in [0.25, 0.3) is 11.6 Å². The van der Waals surface area contributed by atoms with E-state index >= 15 is 0 Å². The van der Waals surface area contributed by atoms with Gasteiger partial charge in [0, 0.05) is 6.54 Å². The molecule has 0 spiro atoms. The van der Waals surface area contributed by atoms with E-state index in [2.05, 4.69) is 0 Å². The molecular formula is C16H13N3OS. The second kappa shape index (κ2) is 6.21. The van der Waals surface area contributed by atoms with Crippen LogP contribution in [-0.4, -0.2) is 4.57 Å². The Hall–Kier alpha value is -2.63. The Morgan fingerprint density at radius 1 is 1.38 bits per heavy atom. The van der Waals surface area contributed by atoms with Gasteiger partial charge in [-0.15, -0.1) is 11.3 Å². The van der Waals surface area contributed by atoms with Crippen LogP contribution in [0.15, 0.2) is 29.1 Å². The third-order valence-electron chi connectivity index (χ3n) is 3.00. The summed E-state index contributed by atoms with van der Waals surface area (Å²) in [5.41, 5.74) is 1.85. The quantitative estimate of drug-likeness (QED) is 0.837. The minimum Gasteiger partial charge on any atom is -0.298 e. The molecule has 0 aliphatic rings. The summed E-state index contributed by atoms with van der Waals surface area (Å²) >= 11 is 1.18. The number of nitriles is 2. The van der Waals surface area contributed by atoms with Crippen LogP contribution in [0.2, 0.25) is 0 Å². The van der Waals surface area contributed by atoms with Crippen LogP contribution in [-0.2, 0) is 6.54 Å². The number of thiazole rings is 1. The molecule has 0 amide bonds. The molecule has 1 aromatic carbocycles. The van der Waals surface area contributed by atoms with E-state index in [-0.39, 0.29) is 11.1 Å². The lowest BCUT2D eigenvalue weighted by Crippen LogP contribution is -2.31. The molecule has 104 valence electrons. The van der Waals surface area contributed by atoms with Gasteiger partial charge in [0.15, 0.2) is 5.57 Å². The van der Waals surface area contributed by atoms with E-state index in [1.54, 1.807) is 6.08 Å². The highest BCUT2D eigenvalue weighted by molar-refractivity contribution is 7.07. The van der Waals surface area contributed by atoms with Crippen LogP contribution >= 0.6 is 11.3 Å². The molecule has 4 nitrogen and oxygen atoms in total. The third kappa shape index (κ3) is 2.94. The van der Waals surface area contributed by atoms with Crippen molar-refractivity contribution in [2.24, 2.45) is 0 Å². The Morgan fingerprint density at radius 2 is 2.10 bits per heavy atom. The zero-order valence-electron chi connectivity index (χ0n) is 11.8. The minimum atomic E-state index is -0.165. The molecule has 0 bridgehead atoms. The molecule has 0 saturated carbocycles. The summed E-state index contributed by atoms with van der Waals surface area (Å²) < 4.78 is 2.42. The predicted octanol–water partition coefficient (Wildman–Crippen LogP) is 1.26. The largest absolute Gasteiger partial charge is 0.298 e. The summed E-state index contributed by atoms with van der Waals surface area (Å²) in [4.78, 5) is 12.4. The highest BCUT2D eigenvalue weighted by Crippen LogP contribution is 2.04. The number of aromatic nitrogens is 1. The molecule has 0 atom stereocenters. The first-order chi connectivity index (χ1) is 10.1. The van der Waals surface area contributed by atoms with E-state index < -0.39 is 0 Å². The van der Waals surface area contributed by atoms with Crippen molar-refractivity contribution >= 4 is 23.0 Å². The van der Waals surface area contributed by atoms with Crippen molar-refractivity contribution in [1.82, 2.24) is 4.57 Å². The van der Waals surface area contributed by atoms with E-state index in [1.807, 2.05) is 50.3 Å². The van der Waals surface area contributed by atoms with Gasteiger partial charge in [-0.05, 0) is 25.5 Å². The van der Waals surface area contributed by atoms with Crippen molar-refractivity contribution in [3.05, 3.63) is 54.9 Å². The molecule has 0 N–H and O–H groups in total. The molecule has 1 heterocycles. The zero-order chi connectivity index (χ0) is 15.4. The maximum Gasteiger partial charge on any atom is 0.269 e. The summed E-state index contributed by atoms with van der Waals surface area (Å²) in [5.74, 6) is 0. The molecule has 0 unspecified atom stereocenters. The van der Waals surface area contributed by atoms with Crippen LogP contribution in [0.5, 0.6) is 0 Å². The van der Waals surface area contributed by atoms with Crippen molar-refractivity contribution < 1.29 is 0 Å². The number of aryl methyl sites for hydroxylation is 1. The Bertz CT molecular complexity index is 920. The summed E-state index contributed by atoms with van der Waals surface area (Å²) in [5, 5.41) is 18.0. The van der Waals surface area contributed by atoms with Gasteiger partial charge in [-0.3, -0.25) is 9.36 Å². The van der Waals surface area contributed by atoms with Gasteiger partial charge in [-0.1, -0.05) is 29.8 Å². The topological polar surface area (TPSA) is 69.6 Å². The van der Waals surface area contributed by atoms with Crippen molar-refractivity contribution in [2.75, 3.05) is 0 Å². The lowest BCUT2D eigenvalue weighted by Gasteiger charge is -1.94. The fourth-order valence-corrected chi connectivity index (χ4v) is 3.14. The average molecular weight is 295 g/mol. The molecule has 0 fully saturated rings. The smallest absolute Gasteiger partial charge is 0.269 e. The number of nitrogens with zero attached hydrogens (tertiary/aromatic N) is 3. The lowest BCUT2D eigenvalue weighted by molar-refractivity contribution is 0.722. The number of hydrogen-bond donors (Lipinski definition) is 0. The van der Waals surface area contributed by atoms with E-state index in [0.29, 0.717) is 15.7 Å². The molecule has 0 radical (unpaired) electrons. The molecule has 1 aromatic heterocycles. The summed E-state index contributed by atoms with van der Waals surface area (Å²) in [6.07, 6.45) is 1.79. The number of rotatable bonds is 2. The Kier molecular flexibility index (Phi) is 4.37. The second-order valence-corrected chi connectivity index (χ2v) is 5.51. The molecule has 5 heteroatoms. The number of hydrogen-bond acceptors (Lipinski definition) is 4. The molecular weight excluding hydrogens is 282 g/mol. The summed E-state index contributed by atoms with van der Waals surface area (Å²) in [7, 11) is 0. The molecule has 21 heavy (non-hydrogen) atoms. The Labute approximate surface area is 126 Å². The SMILES string of the molecule is CCn1c(=C(C#N)C#N)s/c(=C\c2cccc(C)c2)c1=O. The van der Waals surface area contributed by atoms with E-state index in [0.717, 1.165) is 11.1 Å². The normalized spacial score (nSPS) is 11.0. The summed E-state index contributed by atoms with van der Waals surface area (Å²) in [6, 6.07) is 11.5. The van der Waals surface area contributed by atoms with E-state index in [9.17, 15) is 4.79 Å². The fraction of sp³-hybridized carbons (Fsp3) is 0.188. The third-order valence-corrected chi connectivity index (χ3v) is 4.13. The zero-order valence-corrected chi connectivity index (χ0v) is 12.6. The molecule has 2 aromatic rings. The van der Waals surface area contributed by atoms with Gasteiger partial charge < -0.3 is 0 Å². The molecule has 0 aliphatic heterocycles. The van der Waals surface area contributed by atoms with Crippen molar-refractivity contribution in [1.29, 1.82) is 10.5 Å². The lowest BCUT2D eigenvalue weighted by atomic mass is 10.1. The predicted molar refractivity (Wildman–Crippen MR) is 82.9 cm³/mol. The Morgan fingerprint density at radius 3 is 2.67 bits per heavy atom. The van der Waals surface area contributed by atoms with Crippen LogP contribution in [0.1, 0.15) is 18.1 Å². The first-order valence-corrected chi connectivity index (χ1v) is 7.25. The van der Waals surface area contributed by atoms with Gasteiger partial charge in [0.2, 0.25) is 0 Å². The van der Waals surface area contributed by atoms with E-state index in [1.165, 1.54) is 15.9 Å². The second-order valence-electron chi connectivity index (χ2n) is 4.48.